The SMILES string of the molecule is COC(=O)NC1(Cc2nc(Nc3nccs3)ccc2F)CCN(NC(=O)OC(C)(C)C)C(C)C1. The van der Waals surface area contributed by atoms with Crippen LogP contribution in [0.5, 0.6) is 0 Å². The van der Waals surface area contributed by atoms with Gasteiger partial charge < -0.3 is 20.1 Å². The highest BCUT2D eigenvalue weighted by Gasteiger charge is 2.41. The molecule has 1 fully saturated rings. The van der Waals surface area contributed by atoms with E-state index in [-0.39, 0.29) is 18.2 Å². The molecule has 10 nitrogen and oxygen atoms in total. The van der Waals surface area contributed by atoms with Gasteiger partial charge in [0.2, 0.25) is 0 Å². The molecule has 0 aliphatic carbocycles. The zero-order valence-corrected chi connectivity index (χ0v) is 20.8. The number of hydrazine groups is 1. The van der Waals surface area contributed by atoms with E-state index >= 15 is 0 Å². The zero-order valence-electron chi connectivity index (χ0n) is 20.0. The normalized spacial score (nSPS) is 20.9. The lowest BCUT2D eigenvalue weighted by molar-refractivity contribution is 0.00464. The van der Waals surface area contributed by atoms with Crippen LogP contribution in [-0.2, 0) is 15.9 Å². The molecule has 0 aromatic carbocycles. The van der Waals surface area contributed by atoms with Crippen molar-refractivity contribution >= 4 is 34.5 Å². The van der Waals surface area contributed by atoms with Gasteiger partial charge in [0.1, 0.15) is 17.2 Å². The molecule has 1 saturated heterocycles. The Balaban J connectivity index is 1.77. The van der Waals surface area contributed by atoms with Crippen molar-refractivity contribution < 1.29 is 23.5 Å². The molecule has 0 spiro atoms. The van der Waals surface area contributed by atoms with Crippen LogP contribution < -0.4 is 16.1 Å². The predicted octanol–water partition coefficient (Wildman–Crippen LogP) is 3.98. The number of anilines is 2. The van der Waals surface area contributed by atoms with Crippen LogP contribution >= 0.6 is 11.3 Å². The summed E-state index contributed by atoms with van der Waals surface area (Å²) in [6.45, 7) is 7.68. The summed E-state index contributed by atoms with van der Waals surface area (Å²) in [7, 11) is 1.28. The van der Waals surface area contributed by atoms with Crippen LogP contribution in [0.3, 0.4) is 0 Å². The van der Waals surface area contributed by atoms with Crippen molar-refractivity contribution in [3.05, 3.63) is 35.2 Å². The molecule has 1 aliphatic rings. The molecule has 2 amide bonds. The second-order valence-corrected chi connectivity index (χ2v) is 10.2. The maximum absolute atomic E-state index is 14.8. The Hall–Kier alpha value is -2.99. The lowest BCUT2D eigenvalue weighted by Gasteiger charge is -2.45. The van der Waals surface area contributed by atoms with Gasteiger partial charge in [-0.1, -0.05) is 0 Å². The van der Waals surface area contributed by atoms with Crippen LogP contribution in [0.1, 0.15) is 46.2 Å². The summed E-state index contributed by atoms with van der Waals surface area (Å²) in [5.41, 5.74) is 1.52. The molecule has 2 aromatic rings. The zero-order chi connectivity index (χ0) is 24.9. The molecule has 3 heterocycles. The molecule has 3 rings (SSSR count). The summed E-state index contributed by atoms with van der Waals surface area (Å²) < 4.78 is 24.9. The second kappa shape index (κ2) is 10.5. The van der Waals surface area contributed by atoms with E-state index in [1.54, 1.807) is 32.0 Å². The summed E-state index contributed by atoms with van der Waals surface area (Å²) in [6.07, 6.45) is 1.48. The molecule has 34 heavy (non-hydrogen) atoms. The number of hydrogen-bond acceptors (Lipinski definition) is 9. The number of carbonyl (C=O) groups is 2. The molecule has 1 aliphatic heterocycles. The van der Waals surface area contributed by atoms with Gasteiger partial charge in [-0.2, -0.15) is 0 Å². The number of pyridine rings is 1. The summed E-state index contributed by atoms with van der Waals surface area (Å²) in [5.74, 6) is -0.0191. The van der Waals surface area contributed by atoms with Gasteiger partial charge in [0.05, 0.1) is 18.3 Å². The predicted molar refractivity (Wildman–Crippen MR) is 126 cm³/mol. The summed E-state index contributed by atoms with van der Waals surface area (Å²) in [6, 6.07) is 2.70. The van der Waals surface area contributed by atoms with E-state index in [1.165, 1.54) is 30.6 Å². The molecule has 0 saturated carbocycles. The molecular formula is C22H31FN6O4S. The van der Waals surface area contributed by atoms with E-state index in [2.05, 4.69) is 26.0 Å². The van der Waals surface area contributed by atoms with Crippen molar-refractivity contribution in [2.24, 2.45) is 0 Å². The van der Waals surface area contributed by atoms with Crippen molar-refractivity contribution in [3.8, 4) is 0 Å². The number of amides is 2. The van der Waals surface area contributed by atoms with Crippen molar-refractivity contribution in [2.45, 2.75) is 64.1 Å². The van der Waals surface area contributed by atoms with Crippen molar-refractivity contribution in [1.29, 1.82) is 0 Å². The first kappa shape index (κ1) is 25.6. The van der Waals surface area contributed by atoms with Gasteiger partial charge in [0, 0.05) is 30.6 Å². The fourth-order valence-corrected chi connectivity index (χ4v) is 4.43. The Morgan fingerprint density at radius 1 is 1.32 bits per heavy atom. The number of nitrogens with one attached hydrogen (secondary N) is 3. The topological polar surface area (TPSA) is 118 Å². The Labute approximate surface area is 202 Å². The number of methoxy groups -OCH3 is 1. The third-order valence-electron chi connectivity index (χ3n) is 5.33. The standard InChI is InChI=1S/C22H31FN6O4S/c1-14-12-22(27-19(30)32-5,8-10-29(14)28-20(31)33-21(2,3)4)13-16-15(23)6-7-17(25-16)26-18-24-9-11-34-18/h6-7,9,11,14H,8,10,12-13H2,1-5H3,(H,27,30)(H,28,31)(H,24,25,26). The number of piperidine rings is 1. The Morgan fingerprint density at radius 2 is 2.09 bits per heavy atom. The van der Waals surface area contributed by atoms with E-state index in [1.807, 2.05) is 12.3 Å². The number of ether oxygens (including phenoxy) is 2. The molecule has 2 unspecified atom stereocenters. The maximum Gasteiger partial charge on any atom is 0.422 e. The number of thiazole rings is 1. The van der Waals surface area contributed by atoms with E-state index in [0.29, 0.717) is 30.3 Å². The highest BCUT2D eigenvalue weighted by molar-refractivity contribution is 7.13. The van der Waals surface area contributed by atoms with Gasteiger partial charge in [-0.15, -0.1) is 11.3 Å². The average molecular weight is 495 g/mol. The first-order chi connectivity index (χ1) is 16.0. The van der Waals surface area contributed by atoms with Crippen LogP contribution in [0.2, 0.25) is 0 Å². The number of halogens is 1. The minimum absolute atomic E-state index is 0.145. The molecule has 0 radical (unpaired) electrons. The molecule has 3 N–H and O–H groups in total. The Bertz CT molecular complexity index is 1000. The smallest absolute Gasteiger partial charge is 0.422 e. The lowest BCUT2D eigenvalue weighted by atomic mass is 9.80. The van der Waals surface area contributed by atoms with Crippen molar-refractivity contribution in [3.63, 3.8) is 0 Å². The summed E-state index contributed by atoms with van der Waals surface area (Å²) in [5, 5.41) is 10.2. The van der Waals surface area contributed by atoms with Crippen LogP contribution in [0.15, 0.2) is 23.7 Å². The van der Waals surface area contributed by atoms with E-state index < -0.39 is 29.1 Å². The number of aromatic nitrogens is 2. The maximum atomic E-state index is 14.8. The third kappa shape index (κ3) is 7.00. The molecule has 0 bridgehead atoms. The van der Waals surface area contributed by atoms with E-state index in [4.69, 9.17) is 9.47 Å². The Morgan fingerprint density at radius 3 is 2.71 bits per heavy atom. The highest BCUT2D eigenvalue weighted by atomic mass is 32.1. The van der Waals surface area contributed by atoms with Crippen LogP contribution in [0, 0.1) is 5.82 Å². The molecule has 2 aromatic heterocycles. The van der Waals surface area contributed by atoms with Gasteiger partial charge in [0.25, 0.3) is 0 Å². The van der Waals surface area contributed by atoms with Gasteiger partial charge in [-0.05, 0) is 52.7 Å². The van der Waals surface area contributed by atoms with Gasteiger partial charge in [-0.3, -0.25) is 5.43 Å². The quantitative estimate of drug-likeness (QED) is 0.552. The summed E-state index contributed by atoms with van der Waals surface area (Å²) >= 11 is 1.40. The molecular weight excluding hydrogens is 463 g/mol. The van der Waals surface area contributed by atoms with E-state index in [9.17, 15) is 14.0 Å². The molecule has 12 heteroatoms. The largest absolute Gasteiger partial charge is 0.453 e. The molecule has 186 valence electrons. The van der Waals surface area contributed by atoms with Gasteiger partial charge in [0.15, 0.2) is 5.13 Å². The fraction of sp³-hybridized carbons (Fsp3) is 0.545. The van der Waals surface area contributed by atoms with Crippen LogP contribution in [-0.4, -0.2) is 58.0 Å². The Kier molecular flexibility index (Phi) is 7.93. The minimum atomic E-state index is -0.827. The molecule has 2 atom stereocenters. The highest BCUT2D eigenvalue weighted by Crippen LogP contribution is 2.31. The summed E-state index contributed by atoms with van der Waals surface area (Å²) in [4.78, 5) is 33.0. The van der Waals surface area contributed by atoms with E-state index in [0.717, 1.165) is 0 Å². The number of carbonyl (C=O) groups excluding carboxylic acids is 2. The van der Waals surface area contributed by atoms with Crippen molar-refractivity contribution in [2.75, 3.05) is 19.0 Å². The number of hydrogen-bond donors (Lipinski definition) is 3. The van der Waals surface area contributed by atoms with Crippen LogP contribution in [0.4, 0.5) is 24.9 Å². The first-order valence-electron chi connectivity index (χ1n) is 10.9. The number of alkyl carbamates (subject to hydrolysis) is 1. The van der Waals surface area contributed by atoms with Crippen LogP contribution in [0.25, 0.3) is 0 Å². The fourth-order valence-electron chi connectivity index (χ4n) is 3.90. The minimum Gasteiger partial charge on any atom is -0.453 e. The van der Waals surface area contributed by atoms with Crippen molar-refractivity contribution in [1.82, 2.24) is 25.7 Å². The average Bonchev–Trinajstić information content (AvgIpc) is 3.24. The first-order valence-corrected chi connectivity index (χ1v) is 11.8. The third-order valence-corrected chi connectivity index (χ3v) is 6.02. The van der Waals surface area contributed by atoms with Gasteiger partial charge >= 0.3 is 12.2 Å². The number of rotatable bonds is 6. The number of nitrogens with zero attached hydrogens (tertiary/aromatic N) is 3. The van der Waals surface area contributed by atoms with Gasteiger partial charge in [-0.25, -0.2) is 29.0 Å². The monoisotopic (exact) mass is 494 g/mol. The lowest BCUT2D eigenvalue weighted by Crippen LogP contribution is -2.62. The second-order valence-electron chi connectivity index (χ2n) is 9.27.